The lowest BCUT2D eigenvalue weighted by Gasteiger charge is -2.10. The van der Waals surface area contributed by atoms with E-state index >= 15 is 0 Å². The Balaban J connectivity index is 2.23. The second-order valence-corrected chi connectivity index (χ2v) is 5.16. The lowest BCUT2D eigenvalue weighted by Crippen LogP contribution is -2.15. The Hall–Kier alpha value is -2.63. The minimum Gasteiger partial charge on any atom is -0.494 e. The number of aryl methyl sites for hydroxylation is 1. The van der Waals surface area contributed by atoms with E-state index in [0.717, 1.165) is 34.7 Å². The highest BCUT2D eigenvalue weighted by molar-refractivity contribution is 5.96. The van der Waals surface area contributed by atoms with Gasteiger partial charge in [0.25, 0.3) is 0 Å². The molecule has 22 heavy (non-hydrogen) atoms. The van der Waals surface area contributed by atoms with E-state index in [1.54, 1.807) is 13.3 Å². The average molecular weight is 297 g/mol. The summed E-state index contributed by atoms with van der Waals surface area (Å²) in [6.45, 7) is 2.83. The van der Waals surface area contributed by atoms with E-state index in [1.165, 1.54) is 0 Å². The summed E-state index contributed by atoms with van der Waals surface area (Å²) < 4.78 is 7.28. The zero-order valence-electron chi connectivity index (χ0n) is 13.2. The topological polar surface area (TPSA) is 56.1 Å². The minimum absolute atomic E-state index is 0.700. The number of hydrogen-bond donors (Lipinski definition) is 0. The molecular weight excluding hydrogens is 278 g/mol. The molecule has 6 heteroatoms. The van der Waals surface area contributed by atoms with Crippen LogP contribution in [0.25, 0.3) is 22.3 Å². The summed E-state index contributed by atoms with van der Waals surface area (Å²) in [5.41, 5.74) is 1.78. The van der Waals surface area contributed by atoms with Crippen LogP contribution in [-0.2, 0) is 6.54 Å². The number of rotatable bonds is 4. The first-order valence-corrected chi connectivity index (χ1v) is 7.20. The number of nitrogens with zero attached hydrogens (tertiary/aromatic N) is 5. The van der Waals surface area contributed by atoms with E-state index in [9.17, 15) is 0 Å². The number of anilines is 1. The van der Waals surface area contributed by atoms with Crippen molar-refractivity contribution in [3.8, 4) is 17.1 Å². The highest BCUT2D eigenvalue weighted by atomic mass is 16.5. The number of benzene rings is 1. The first kappa shape index (κ1) is 14.3. The number of pyridine rings is 1. The van der Waals surface area contributed by atoms with E-state index in [1.807, 2.05) is 47.9 Å². The molecule has 0 bridgehead atoms. The number of fused-ring (bicyclic) bond motifs is 1. The van der Waals surface area contributed by atoms with Crippen LogP contribution in [0.1, 0.15) is 6.92 Å². The first-order valence-electron chi connectivity index (χ1n) is 7.20. The Labute approximate surface area is 129 Å². The van der Waals surface area contributed by atoms with Gasteiger partial charge in [-0.25, -0.2) is 4.68 Å². The maximum atomic E-state index is 5.39. The highest BCUT2D eigenvalue weighted by Gasteiger charge is 2.16. The Kier molecular flexibility index (Phi) is 3.66. The molecule has 114 valence electrons. The Morgan fingerprint density at radius 1 is 1.23 bits per heavy atom. The fourth-order valence-corrected chi connectivity index (χ4v) is 2.50. The molecule has 0 saturated heterocycles. The molecule has 3 aromatic rings. The molecule has 0 N–H and O–H groups in total. The predicted molar refractivity (Wildman–Crippen MR) is 87.3 cm³/mol. The molecule has 0 radical (unpaired) electrons. The Morgan fingerprint density at radius 3 is 2.68 bits per heavy atom. The number of hydrogen-bond acceptors (Lipinski definition) is 5. The van der Waals surface area contributed by atoms with Gasteiger partial charge in [0.1, 0.15) is 11.3 Å². The average Bonchev–Trinajstić information content (AvgIpc) is 2.98. The summed E-state index contributed by atoms with van der Waals surface area (Å²) in [5, 5.41) is 5.61. The molecular formula is C16H19N5O. The molecule has 0 atom stereocenters. The van der Waals surface area contributed by atoms with Crippen LogP contribution < -0.4 is 9.64 Å². The monoisotopic (exact) mass is 297 g/mol. The third-order valence-corrected chi connectivity index (χ3v) is 3.55. The summed E-state index contributed by atoms with van der Waals surface area (Å²) in [4.78, 5) is 11.1. The smallest absolute Gasteiger partial charge is 0.223 e. The molecule has 2 heterocycles. The minimum atomic E-state index is 0.700. The van der Waals surface area contributed by atoms with Crippen molar-refractivity contribution in [1.82, 2.24) is 19.7 Å². The SMILES string of the molecule is CCn1nc(-c2ccc(OC)c3ncccc23)nc1N(C)C. The van der Waals surface area contributed by atoms with Gasteiger partial charge in [-0.1, -0.05) is 6.07 Å². The molecule has 2 aromatic heterocycles. The Bertz CT molecular complexity index is 809. The second kappa shape index (κ2) is 5.63. The van der Waals surface area contributed by atoms with Crippen LogP contribution in [0.15, 0.2) is 30.5 Å². The number of ether oxygens (including phenoxy) is 1. The van der Waals surface area contributed by atoms with Gasteiger partial charge in [-0.2, -0.15) is 4.98 Å². The van der Waals surface area contributed by atoms with E-state index in [-0.39, 0.29) is 0 Å². The lowest BCUT2D eigenvalue weighted by molar-refractivity contribution is 0.419. The molecule has 0 aliphatic carbocycles. The van der Waals surface area contributed by atoms with Crippen LogP contribution in [0, 0.1) is 0 Å². The lowest BCUT2D eigenvalue weighted by atomic mass is 10.1. The van der Waals surface area contributed by atoms with E-state index in [2.05, 4.69) is 22.0 Å². The van der Waals surface area contributed by atoms with Crippen molar-refractivity contribution in [3.63, 3.8) is 0 Å². The normalized spacial score (nSPS) is 10.9. The maximum absolute atomic E-state index is 5.39. The van der Waals surface area contributed by atoms with Crippen LogP contribution in [-0.4, -0.2) is 41.0 Å². The van der Waals surface area contributed by atoms with Crippen molar-refractivity contribution in [1.29, 1.82) is 0 Å². The zero-order valence-corrected chi connectivity index (χ0v) is 13.2. The van der Waals surface area contributed by atoms with Crippen LogP contribution in [0.4, 0.5) is 5.95 Å². The molecule has 0 fully saturated rings. The summed E-state index contributed by atoms with van der Waals surface area (Å²) in [6.07, 6.45) is 1.76. The van der Waals surface area contributed by atoms with Crippen molar-refractivity contribution in [2.45, 2.75) is 13.5 Å². The van der Waals surface area contributed by atoms with Gasteiger partial charge < -0.3 is 9.64 Å². The standard InChI is InChI=1S/C16H19N5O/c1-5-21-16(20(2)3)18-15(19-21)12-8-9-13(22-4)14-11(12)7-6-10-17-14/h6-10H,5H2,1-4H3. The maximum Gasteiger partial charge on any atom is 0.223 e. The number of methoxy groups -OCH3 is 1. The molecule has 0 saturated carbocycles. The first-order chi connectivity index (χ1) is 10.7. The fourth-order valence-electron chi connectivity index (χ4n) is 2.50. The van der Waals surface area contributed by atoms with Gasteiger partial charge in [0, 0.05) is 37.8 Å². The van der Waals surface area contributed by atoms with Crippen molar-refractivity contribution >= 4 is 16.9 Å². The predicted octanol–water partition coefficient (Wildman–Crippen LogP) is 2.59. The van der Waals surface area contributed by atoms with Gasteiger partial charge in [0.05, 0.1) is 7.11 Å². The molecule has 3 rings (SSSR count). The molecule has 1 aromatic carbocycles. The van der Waals surface area contributed by atoms with Crippen molar-refractivity contribution < 1.29 is 4.74 Å². The van der Waals surface area contributed by atoms with E-state index in [4.69, 9.17) is 4.74 Å². The fraction of sp³-hybridized carbons (Fsp3) is 0.312. The number of aromatic nitrogens is 4. The van der Waals surface area contributed by atoms with Gasteiger partial charge in [0.15, 0.2) is 5.82 Å². The van der Waals surface area contributed by atoms with Gasteiger partial charge >= 0.3 is 0 Å². The van der Waals surface area contributed by atoms with Crippen LogP contribution in [0.5, 0.6) is 5.75 Å². The van der Waals surface area contributed by atoms with E-state index < -0.39 is 0 Å². The molecule has 0 unspecified atom stereocenters. The largest absolute Gasteiger partial charge is 0.494 e. The third-order valence-electron chi connectivity index (χ3n) is 3.55. The van der Waals surface area contributed by atoms with Crippen LogP contribution in [0.2, 0.25) is 0 Å². The third kappa shape index (κ3) is 2.26. The Morgan fingerprint density at radius 2 is 2.05 bits per heavy atom. The molecule has 0 amide bonds. The molecule has 0 aliphatic rings. The summed E-state index contributed by atoms with van der Waals surface area (Å²) in [7, 11) is 5.58. The second-order valence-electron chi connectivity index (χ2n) is 5.16. The summed E-state index contributed by atoms with van der Waals surface area (Å²) in [5.74, 6) is 2.29. The zero-order chi connectivity index (χ0) is 15.7. The van der Waals surface area contributed by atoms with Crippen molar-refractivity contribution in [2.24, 2.45) is 0 Å². The molecule has 0 aliphatic heterocycles. The quantitative estimate of drug-likeness (QED) is 0.741. The summed E-state index contributed by atoms with van der Waals surface area (Å²) in [6, 6.07) is 7.82. The van der Waals surface area contributed by atoms with Gasteiger partial charge in [-0.15, -0.1) is 5.10 Å². The molecule has 0 spiro atoms. The van der Waals surface area contributed by atoms with Crippen LogP contribution in [0.3, 0.4) is 0 Å². The van der Waals surface area contributed by atoms with Crippen molar-refractivity contribution in [3.05, 3.63) is 30.5 Å². The highest BCUT2D eigenvalue weighted by Crippen LogP contribution is 2.32. The van der Waals surface area contributed by atoms with Crippen LogP contribution >= 0.6 is 0 Å². The van der Waals surface area contributed by atoms with E-state index in [0.29, 0.717) is 5.82 Å². The summed E-state index contributed by atoms with van der Waals surface area (Å²) >= 11 is 0. The molecule has 6 nitrogen and oxygen atoms in total. The van der Waals surface area contributed by atoms with Gasteiger partial charge in [-0.3, -0.25) is 4.98 Å². The van der Waals surface area contributed by atoms with Gasteiger partial charge in [-0.05, 0) is 25.1 Å². The van der Waals surface area contributed by atoms with Gasteiger partial charge in [0.2, 0.25) is 5.95 Å². The van der Waals surface area contributed by atoms with Crippen molar-refractivity contribution in [2.75, 3.05) is 26.1 Å².